The van der Waals surface area contributed by atoms with E-state index in [0.29, 0.717) is 19.8 Å². The average Bonchev–Trinajstić information content (AvgIpc) is 1.78. The predicted molar refractivity (Wildman–Crippen MR) is 43.6 cm³/mol. The van der Waals surface area contributed by atoms with Crippen molar-refractivity contribution in [3.05, 3.63) is 0 Å². The van der Waals surface area contributed by atoms with E-state index in [1.165, 1.54) is 0 Å². The van der Waals surface area contributed by atoms with Gasteiger partial charge in [-0.25, -0.2) is 0 Å². The van der Waals surface area contributed by atoms with Gasteiger partial charge in [0.1, 0.15) is 0 Å². The molecule has 0 aliphatic carbocycles. The molecule has 0 aromatic carbocycles. The molecule has 0 radical (unpaired) electrons. The van der Waals surface area contributed by atoms with Crippen LogP contribution in [0, 0.1) is 0 Å². The summed E-state index contributed by atoms with van der Waals surface area (Å²) in [6, 6.07) is 0. The summed E-state index contributed by atoms with van der Waals surface area (Å²) < 4.78 is 9.85. The zero-order valence-electron chi connectivity index (χ0n) is 5.91. The molecular formula is C4H11Cl3IrO3. The van der Waals surface area contributed by atoms with Gasteiger partial charge in [0.05, 0.1) is 0 Å². The van der Waals surface area contributed by atoms with Crippen LogP contribution in [0.4, 0.5) is 0 Å². The number of hydrogen-bond acceptors (Lipinski definition) is 2. The Morgan fingerprint density at radius 2 is 1.73 bits per heavy atom. The maximum atomic E-state index is 5.45. The van der Waals surface area contributed by atoms with Gasteiger partial charge in [-0.2, -0.15) is 0 Å². The first-order valence-electron chi connectivity index (χ1n) is 2.59. The van der Waals surface area contributed by atoms with Gasteiger partial charge in [-0.1, -0.05) is 0 Å². The Morgan fingerprint density at radius 1 is 1.18 bits per heavy atom. The Balaban J connectivity index is 0. The molecule has 7 heteroatoms. The second-order valence-electron chi connectivity index (χ2n) is 1.29. The van der Waals surface area contributed by atoms with Crippen LogP contribution in [0.2, 0.25) is 0 Å². The molecule has 2 N–H and O–H groups in total. The molecule has 0 aliphatic heterocycles. The smallest absolute Gasteiger partial charge is 0.412 e. The Labute approximate surface area is 81.6 Å². The van der Waals surface area contributed by atoms with E-state index in [-0.39, 0.29) is 5.48 Å². The first kappa shape index (κ1) is 14.9. The van der Waals surface area contributed by atoms with Crippen molar-refractivity contribution in [3.8, 4) is 0 Å². The van der Waals surface area contributed by atoms with Crippen LogP contribution in [0.1, 0.15) is 6.92 Å². The van der Waals surface area contributed by atoms with Crippen molar-refractivity contribution in [1.82, 2.24) is 0 Å². The molecule has 0 aliphatic rings. The van der Waals surface area contributed by atoms with E-state index < -0.39 is 12.6 Å². The zero-order valence-corrected chi connectivity index (χ0v) is 10.6. The standard InChI is InChI=1S/C4H9O2.3ClH.Ir.H2O/c1-2-6-4-3-5;;;;;/h2-4H2,1H3;3*1H;;1H2/q-1;;;;+4;/p-3. The van der Waals surface area contributed by atoms with Gasteiger partial charge in [0, 0.05) is 0 Å². The first-order valence-corrected chi connectivity index (χ1v) is 12.5. The van der Waals surface area contributed by atoms with Crippen molar-refractivity contribution >= 4 is 28.8 Å². The Hall–Kier alpha value is 1.40. The van der Waals surface area contributed by atoms with Crippen molar-refractivity contribution < 1.29 is 26.3 Å². The van der Waals surface area contributed by atoms with Gasteiger partial charge in [0.25, 0.3) is 0 Å². The molecule has 0 saturated carbocycles. The topological polar surface area (TPSA) is 50.0 Å². The minimum atomic E-state index is -3.31. The zero-order chi connectivity index (χ0) is 8.04. The van der Waals surface area contributed by atoms with Crippen molar-refractivity contribution in [3.63, 3.8) is 0 Å². The Morgan fingerprint density at radius 3 is 2.09 bits per heavy atom. The summed E-state index contributed by atoms with van der Waals surface area (Å²) >= 11 is -3.31. The fraction of sp³-hybridized carbons (Fsp3) is 1.00. The SMILES string of the molecule is CCOCC[O][Ir]([Cl])([Cl])[Cl].O. The Kier molecular flexibility index (Phi) is 10.9. The van der Waals surface area contributed by atoms with Gasteiger partial charge >= 0.3 is 76.3 Å². The quantitative estimate of drug-likeness (QED) is 0.654. The van der Waals surface area contributed by atoms with Crippen LogP contribution in [0.15, 0.2) is 0 Å². The van der Waals surface area contributed by atoms with E-state index >= 15 is 0 Å². The van der Waals surface area contributed by atoms with Crippen LogP contribution in [0.3, 0.4) is 0 Å². The van der Waals surface area contributed by atoms with Crippen LogP contribution in [-0.4, -0.2) is 25.3 Å². The molecule has 0 aromatic heterocycles. The number of halogens is 3. The van der Waals surface area contributed by atoms with E-state index in [4.69, 9.17) is 37.0 Å². The molecule has 0 atom stereocenters. The summed E-state index contributed by atoms with van der Waals surface area (Å²) in [4.78, 5) is 0. The molecule has 11 heavy (non-hydrogen) atoms. The van der Waals surface area contributed by atoms with E-state index in [2.05, 4.69) is 0 Å². The minimum absolute atomic E-state index is 0. The molecular weight excluding hydrogens is 395 g/mol. The average molecular weight is 406 g/mol. The first-order chi connectivity index (χ1) is 4.56. The predicted octanol–water partition coefficient (Wildman–Crippen LogP) is 1.75. The Bertz CT molecular complexity index is 87.1. The molecule has 0 bridgehead atoms. The maximum Gasteiger partial charge on any atom is -0.412 e. The van der Waals surface area contributed by atoms with Crippen LogP contribution in [0.25, 0.3) is 0 Å². The van der Waals surface area contributed by atoms with Gasteiger partial charge in [0.2, 0.25) is 0 Å². The molecule has 75 valence electrons. The molecule has 0 unspecified atom stereocenters. The number of ether oxygens (including phenoxy) is 1. The molecule has 0 amide bonds. The largest absolute Gasteiger partial charge is 0.412 e. The monoisotopic (exact) mass is 405 g/mol. The second kappa shape index (κ2) is 8.02. The normalized spacial score (nSPS) is 12.4. The molecule has 0 saturated heterocycles. The summed E-state index contributed by atoms with van der Waals surface area (Å²) in [7, 11) is 16.4. The van der Waals surface area contributed by atoms with E-state index in [9.17, 15) is 0 Å². The number of rotatable bonds is 5. The second-order valence-corrected chi connectivity index (χ2v) is 16.0. The molecule has 0 aromatic rings. The summed E-state index contributed by atoms with van der Waals surface area (Å²) in [5.74, 6) is 0. The van der Waals surface area contributed by atoms with E-state index in [1.807, 2.05) is 6.92 Å². The van der Waals surface area contributed by atoms with E-state index in [0.717, 1.165) is 0 Å². The summed E-state index contributed by atoms with van der Waals surface area (Å²) in [6.45, 7) is 3.44. The third kappa shape index (κ3) is 14.3. The maximum absolute atomic E-state index is 5.45. The molecule has 0 fully saturated rings. The van der Waals surface area contributed by atoms with Crippen molar-refractivity contribution in [1.29, 1.82) is 0 Å². The van der Waals surface area contributed by atoms with Crippen LogP contribution in [-0.2, 0) is 20.9 Å². The van der Waals surface area contributed by atoms with Gasteiger partial charge in [-0.05, 0) is 0 Å². The van der Waals surface area contributed by atoms with Gasteiger partial charge in [0.15, 0.2) is 0 Å². The summed E-state index contributed by atoms with van der Waals surface area (Å²) in [6.07, 6.45) is 0. The summed E-state index contributed by atoms with van der Waals surface area (Å²) in [5.41, 5.74) is 0. The molecule has 0 rings (SSSR count). The van der Waals surface area contributed by atoms with Crippen molar-refractivity contribution in [2.24, 2.45) is 0 Å². The number of hydrogen-bond donors (Lipinski definition) is 0. The van der Waals surface area contributed by atoms with Crippen molar-refractivity contribution in [2.45, 2.75) is 6.92 Å². The minimum Gasteiger partial charge on any atom is -0.412 e. The van der Waals surface area contributed by atoms with Crippen LogP contribution < -0.4 is 0 Å². The van der Waals surface area contributed by atoms with Crippen LogP contribution >= 0.6 is 28.8 Å². The third-order valence-electron chi connectivity index (χ3n) is 0.609. The summed E-state index contributed by atoms with van der Waals surface area (Å²) in [5, 5.41) is 0. The fourth-order valence-corrected chi connectivity index (χ4v) is 2.33. The third-order valence-corrected chi connectivity index (χ3v) is 3.67. The van der Waals surface area contributed by atoms with E-state index in [1.54, 1.807) is 0 Å². The van der Waals surface area contributed by atoms with Crippen molar-refractivity contribution in [2.75, 3.05) is 19.8 Å². The molecule has 0 spiro atoms. The fourth-order valence-electron chi connectivity index (χ4n) is 0.308. The molecule has 3 nitrogen and oxygen atoms in total. The van der Waals surface area contributed by atoms with Gasteiger partial charge in [-0.15, -0.1) is 0 Å². The molecule has 0 heterocycles. The van der Waals surface area contributed by atoms with Gasteiger partial charge < -0.3 is 5.48 Å². The van der Waals surface area contributed by atoms with Gasteiger partial charge in [-0.3, -0.25) is 0 Å². The van der Waals surface area contributed by atoms with Crippen LogP contribution in [0.5, 0.6) is 0 Å².